The molecule has 3 N–H and O–H groups in total. The quantitative estimate of drug-likeness (QED) is 0.876. The molecule has 4 heteroatoms. The number of rotatable bonds is 5. The van der Waals surface area contributed by atoms with Gasteiger partial charge in [-0.25, -0.2) is 0 Å². The molecule has 2 fully saturated rings. The molecular formula is C19H30N2O2. The van der Waals surface area contributed by atoms with Gasteiger partial charge in [-0.05, 0) is 62.6 Å². The minimum absolute atomic E-state index is 0.244. The van der Waals surface area contributed by atoms with E-state index in [1.165, 1.54) is 24.8 Å². The molecule has 1 aliphatic heterocycles. The Bertz CT molecular complexity index is 486. The first kappa shape index (κ1) is 16.7. The normalized spacial score (nSPS) is 31.7. The molecule has 0 unspecified atom stereocenters. The largest absolute Gasteiger partial charge is 0.496 e. The highest BCUT2D eigenvalue weighted by molar-refractivity contribution is 5.36. The summed E-state index contributed by atoms with van der Waals surface area (Å²) in [6, 6.07) is 8.99. The number of ether oxygens (including phenoxy) is 2. The number of para-hydroxylation sites is 1. The lowest BCUT2D eigenvalue weighted by molar-refractivity contribution is 0.00609. The van der Waals surface area contributed by atoms with E-state index in [1.807, 2.05) is 6.07 Å². The summed E-state index contributed by atoms with van der Waals surface area (Å²) in [6.07, 6.45) is 7.29. The first-order valence-corrected chi connectivity index (χ1v) is 9.01. The van der Waals surface area contributed by atoms with Crippen molar-refractivity contribution in [3.05, 3.63) is 29.8 Å². The van der Waals surface area contributed by atoms with Crippen molar-refractivity contribution in [3.8, 4) is 5.75 Å². The van der Waals surface area contributed by atoms with Crippen molar-refractivity contribution in [2.24, 2.45) is 5.73 Å². The number of nitrogens with one attached hydrogen (secondary N) is 1. The number of benzene rings is 1. The molecule has 1 saturated heterocycles. The molecule has 2 aliphatic rings. The molecule has 0 bridgehead atoms. The molecule has 3 rings (SSSR count). The van der Waals surface area contributed by atoms with Crippen LogP contribution in [0.3, 0.4) is 0 Å². The summed E-state index contributed by atoms with van der Waals surface area (Å²) in [6.45, 7) is 1.83. The Morgan fingerprint density at radius 2 is 1.91 bits per heavy atom. The van der Waals surface area contributed by atoms with Gasteiger partial charge in [0.1, 0.15) is 5.75 Å². The lowest BCUT2D eigenvalue weighted by atomic mass is 9.82. The van der Waals surface area contributed by atoms with E-state index in [-0.39, 0.29) is 6.04 Å². The SMILES string of the molecule is COc1ccccc1[C@H]1CC[C@@H](OC[C@@H]2NCCC[C@@H]2N)CC1. The van der Waals surface area contributed by atoms with Crippen LogP contribution in [0.5, 0.6) is 5.75 Å². The molecule has 1 aromatic carbocycles. The van der Waals surface area contributed by atoms with Gasteiger partial charge in [0.2, 0.25) is 0 Å². The van der Waals surface area contributed by atoms with E-state index < -0.39 is 0 Å². The maximum atomic E-state index is 6.17. The fourth-order valence-electron chi connectivity index (χ4n) is 3.94. The summed E-state index contributed by atoms with van der Waals surface area (Å²) < 4.78 is 11.7. The molecule has 0 radical (unpaired) electrons. The van der Waals surface area contributed by atoms with E-state index in [4.69, 9.17) is 15.2 Å². The zero-order valence-electron chi connectivity index (χ0n) is 14.2. The Balaban J connectivity index is 1.47. The summed E-state index contributed by atoms with van der Waals surface area (Å²) in [4.78, 5) is 0. The Morgan fingerprint density at radius 3 is 2.65 bits per heavy atom. The van der Waals surface area contributed by atoms with Gasteiger partial charge in [0.05, 0.1) is 19.8 Å². The van der Waals surface area contributed by atoms with Crippen molar-refractivity contribution in [1.29, 1.82) is 0 Å². The highest BCUT2D eigenvalue weighted by atomic mass is 16.5. The van der Waals surface area contributed by atoms with Crippen LogP contribution >= 0.6 is 0 Å². The van der Waals surface area contributed by atoms with Crippen LogP contribution in [0, 0.1) is 0 Å². The van der Waals surface area contributed by atoms with Gasteiger partial charge in [-0.3, -0.25) is 0 Å². The third-order valence-corrected chi connectivity index (χ3v) is 5.40. The van der Waals surface area contributed by atoms with Crippen LogP contribution in [0.1, 0.15) is 50.0 Å². The first-order chi connectivity index (χ1) is 11.3. The Labute approximate surface area is 139 Å². The van der Waals surface area contributed by atoms with Gasteiger partial charge >= 0.3 is 0 Å². The molecule has 2 atom stereocenters. The summed E-state index contributed by atoms with van der Waals surface area (Å²) in [5.41, 5.74) is 7.52. The predicted molar refractivity (Wildman–Crippen MR) is 92.9 cm³/mol. The maximum Gasteiger partial charge on any atom is 0.122 e. The Kier molecular flexibility index (Phi) is 5.92. The molecular weight excluding hydrogens is 288 g/mol. The zero-order chi connectivity index (χ0) is 16.1. The molecule has 1 aromatic rings. The second-order valence-corrected chi connectivity index (χ2v) is 6.92. The van der Waals surface area contributed by atoms with Gasteiger partial charge in [-0.1, -0.05) is 18.2 Å². The molecule has 4 nitrogen and oxygen atoms in total. The first-order valence-electron chi connectivity index (χ1n) is 9.01. The highest BCUT2D eigenvalue weighted by Gasteiger charge is 2.27. The highest BCUT2D eigenvalue weighted by Crippen LogP contribution is 2.38. The van der Waals surface area contributed by atoms with Crippen LogP contribution in [0.4, 0.5) is 0 Å². The van der Waals surface area contributed by atoms with Crippen molar-refractivity contribution < 1.29 is 9.47 Å². The summed E-state index contributed by atoms with van der Waals surface area (Å²) in [5, 5.41) is 3.49. The average molecular weight is 318 g/mol. The number of hydrogen-bond donors (Lipinski definition) is 2. The van der Waals surface area contributed by atoms with Crippen molar-refractivity contribution in [2.45, 2.75) is 62.6 Å². The van der Waals surface area contributed by atoms with Crippen molar-refractivity contribution in [3.63, 3.8) is 0 Å². The average Bonchev–Trinajstić information content (AvgIpc) is 2.61. The number of nitrogens with two attached hydrogens (primary N) is 1. The Morgan fingerprint density at radius 1 is 1.13 bits per heavy atom. The maximum absolute atomic E-state index is 6.17. The lowest BCUT2D eigenvalue weighted by Crippen LogP contribution is -2.52. The molecule has 0 amide bonds. The minimum atomic E-state index is 0.244. The lowest BCUT2D eigenvalue weighted by Gasteiger charge is -2.33. The van der Waals surface area contributed by atoms with E-state index in [9.17, 15) is 0 Å². The number of hydrogen-bond acceptors (Lipinski definition) is 4. The van der Waals surface area contributed by atoms with Crippen LogP contribution in [0.25, 0.3) is 0 Å². The van der Waals surface area contributed by atoms with Crippen LogP contribution < -0.4 is 15.8 Å². The van der Waals surface area contributed by atoms with Crippen LogP contribution in [-0.2, 0) is 4.74 Å². The third kappa shape index (κ3) is 4.25. The fourth-order valence-corrected chi connectivity index (χ4v) is 3.94. The standard InChI is InChI=1S/C19H30N2O2/c1-22-19-7-3-2-5-16(19)14-8-10-15(11-9-14)23-13-18-17(20)6-4-12-21-18/h2-3,5,7,14-15,17-18,21H,4,6,8-13,20H2,1H3/t14-,15+,17-,18-/m0/s1. The van der Waals surface area contributed by atoms with Crippen molar-refractivity contribution >= 4 is 0 Å². The topological polar surface area (TPSA) is 56.5 Å². The van der Waals surface area contributed by atoms with E-state index in [0.29, 0.717) is 18.1 Å². The van der Waals surface area contributed by atoms with Gasteiger partial charge in [0.25, 0.3) is 0 Å². The van der Waals surface area contributed by atoms with Crippen LogP contribution in [0.2, 0.25) is 0 Å². The predicted octanol–water partition coefficient (Wildman–Crippen LogP) is 2.82. The van der Waals surface area contributed by atoms with Crippen LogP contribution in [-0.4, -0.2) is 38.4 Å². The van der Waals surface area contributed by atoms with Gasteiger partial charge in [0, 0.05) is 12.1 Å². The summed E-state index contributed by atoms with van der Waals surface area (Å²) >= 11 is 0. The van der Waals surface area contributed by atoms with E-state index in [2.05, 4.69) is 23.5 Å². The van der Waals surface area contributed by atoms with Crippen LogP contribution in [0.15, 0.2) is 24.3 Å². The molecule has 0 aromatic heterocycles. The van der Waals surface area contributed by atoms with Gasteiger partial charge in [0.15, 0.2) is 0 Å². The third-order valence-electron chi connectivity index (χ3n) is 5.40. The fraction of sp³-hybridized carbons (Fsp3) is 0.684. The van der Waals surface area contributed by atoms with Gasteiger partial charge < -0.3 is 20.5 Å². The number of piperidine rings is 1. The molecule has 0 spiro atoms. The van der Waals surface area contributed by atoms with Gasteiger partial charge in [-0.15, -0.1) is 0 Å². The van der Waals surface area contributed by atoms with Crippen molar-refractivity contribution in [2.75, 3.05) is 20.3 Å². The van der Waals surface area contributed by atoms with E-state index >= 15 is 0 Å². The summed E-state index contributed by atoms with van der Waals surface area (Å²) in [7, 11) is 1.76. The zero-order valence-corrected chi connectivity index (χ0v) is 14.2. The smallest absolute Gasteiger partial charge is 0.122 e. The minimum Gasteiger partial charge on any atom is -0.496 e. The summed E-state index contributed by atoms with van der Waals surface area (Å²) in [5.74, 6) is 1.62. The molecule has 1 aliphatic carbocycles. The molecule has 1 saturated carbocycles. The molecule has 23 heavy (non-hydrogen) atoms. The Hall–Kier alpha value is -1.10. The second-order valence-electron chi connectivity index (χ2n) is 6.92. The molecule has 128 valence electrons. The monoisotopic (exact) mass is 318 g/mol. The van der Waals surface area contributed by atoms with E-state index in [0.717, 1.165) is 38.2 Å². The second kappa shape index (κ2) is 8.13. The van der Waals surface area contributed by atoms with Crippen molar-refractivity contribution in [1.82, 2.24) is 5.32 Å². The molecule has 1 heterocycles. The van der Waals surface area contributed by atoms with Gasteiger partial charge in [-0.2, -0.15) is 0 Å². The number of methoxy groups -OCH3 is 1. The van der Waals surface area contributed by atoms with E-state index in [1.54, 1.807) is 7.11 Å².